The third-order valence-corrected chi connectivity index (χ3v) is 8.77. The minimum absolute atomic E-state index is 0.00951. The van der Waals surface area contributed by atoms with Gasteiger partial charge in [0.25, 0.3) is 0 Å². The molecule has 1 aromatic carbocycles. The Balaban J connectivity index is 2.03. The summed E-state index contributed by atoms with van der Waals surface area (Å²) in [6.45, 7) is 0. The molecule has 0 N–H and O–H groups in total. The molecule has 3 rings (SSSR count). The van der Waals surface area contributed by atoms with Crippen LogP contribution in [0.1, 0.15) is 32.1 Å². The number of ether oxygens (including phenoxy) is 1. The fraction of sp³-hybridized carbons (Fsp3) is 0.571. The van der Waals surface area contributed by atoms with Gasteiger partial charge in [0.1, 0.15) is 17.4 Å². The van der Waals surface area contributed by atoms with E-state index in [1.54, 1.807) is 0 Å². The Morgan fingerprint density at radius 2 is 1.83 bits per heavy atom. The van der Waals surface area contributed by atoms with Crippen LogP contribution in [0.4, 0.5) is 13.2 Å². The van der Waals surface area contributed by atoms with Gasteiger partial charge in [-0.1, -0.05) is 25.3 Å². The minimum atomic E-state index is -5.83. The van der Waals surface area contributed by atoms with Crippen molar-refractivity contribution in [2.75, 3.05) is 6.35 Å². The molecule has 1 aliphatic heterocycles. The first kappa shape index (κ1) is 17.6. The number of alkyl halides is 3. The predicted molar refractivity (Wildman–Crippen MR) is 81.7 cm³/mol. The molecular formula is C14H16F3O5PS. The number of halogens is 3. The number of rotatable bonds is 3. The molecule has 0 aromatic heterocycles. The first-order valence-electron chi connectivity index (χ1n) is 7.51. The second kappa shape index (κ2) is 5.95. The molecule has 1 aromatic rings. The minimum Gasteiger partial charge on any atom is -0.485 e. The lowest BCUT2D eigenvalue weighted by Crippen LogP contribution is -2.30. The van der Waals surface area contributed by atoms with Crippen molar-refractivity contribution in [3.8, 4) is 11.5 Å². The molecule has 1 aliphatic carbocycles. The normalized spacial score (nSPS) is 25.1. The molecule has 0 bridgehead atoms. The van der Waals surface area contributed by atoms with E-state index in [0.29, 0.717) is 12.8 Å². The smallest absolute Gasteiger partial charge is 0.485 e. The summed E-state index contributed by atoms with van der Waals surface area (Å²) in [6.07, 6.45) is 4.02. The fourth-order valence-corrected chi connectivity index (χ4v) is 7.01. The van der Waals surface area contributed by atoms with Gasteiger partial charge < -0.3 is 13.5 Å². The molecule has 0 radical (unpaired) electrons. The average Bonchev–Trinajstić information content (AvgIpc) is 2.87. The number of benzene rings is 1. The van der Waals surface area contributed by atoms with E-state index in [4.69, 9.17) is 4.74 Å². The van der Waals surface area contributed by atoms with E-state index in [1.807, 2.05) is 0 Å². The van der Waals surface area contributed by atoms with Crippen LogP contribution >= 0.6 is 7.14 Å². The van der Waals surface area contributed by atoms with Gasteiger partial charge in [0.15, 0.2) is 12.9 Å². The van der Waals surface area contributed by atoms with Crippen molar-refractivity contribution in [2.24, 2.45) is 0 Å². The molecule has 2 aliphatic rings. The Morgan fingerprint density at radius 1 is 1.17 bits per heavy atom. The largest absolute Gasteiger partial charge is 0.534 e. The van der Waals surface area contributed by atoms with Crippen LogP contribution in [0.25, 0.3) is 0 Å². The Labute approximate surface area is 137 Å². The van der Waals surface area contributed by atoms with E-state index in [0.717, 1.165) is 25.3 Å². The fourth-order valence-electron chi connectivity index (χ4n) is 3.24. The summed E-state index contributed by atoms with van der Waals surface area (Å²) in [4.78, 5) is 0. The molecule has 0 spiro atoms. The van der Waals surface area contributed by atoms with Gasteiger partial charge in [-0.25, -0.2) is 0 Å². The van der Waals surface area contributed by atoms with Crippen molar-refractivity contribution in [2.45, 2.75) is 43.3 Å². The molecule has 0 saturated heterocycles. The van der Waals surface area contributed by atoms with E-state index in [9.17, 15) is 26.2 Å². The van der Waals surface area contributed by atoms with Gasteiger partial charge in [0.2, 0.25) is 0 Å². The second-order valence-corrected chi connectivity index (χ2v) is 10.5. The first-order valence-corrected chi connectivity index (χ1v) is 10.9. The van der Waals surface area contributed by atoms with Crippen molar-refractivity contribution >= 4 is 22.6 Å². The second-order valence-electron chi connectivity index (χ2n) is 5.95. The lowest BCUT2D eigenvalue weighted by molar-refractivity contribution is -0.0499. The molecule has 5 nitrogen and oxygen atoms in total. The van der Waals surface area contributed by atoms with Gasteiger partial charge in [-0.3, -0.25) is 0 Å². The van der Waals surface area contributed by atoms with Crippen molar-refractivity contribution in [3.05, 3.63) is 18.2 Å². The number of hydrogen-bond donors (Lipinski definition) is 0. The summed E-state index contributed by atoms with van der Waals surface area (Å²) >= 11 is 0. The van der Waals surface area contributed by atoms with Gasteiger partial charge in [0.05, 0.1) is 0 Å². The summed E-state index contributed by atoms with van der Waals surface area (Å²) in [5.74, 6) is -0.407. The number of hydrogen-bond acceptors (Lipinski definition) is 5. The van der Waals surface area contributed by atoms with Gasteiger partial charge in [-0.2, -0.15) is 21.6 Å². The predicted octanol–water partition coefficient (Wildman–Crippen LogP) is 3.59. The Hall–Kier alpha value is -1.21. The Morgan fingerprint density at radius 3 is 2.46 bits per heavy atom. The van der Waals surface area contributed by atoms with Crippen LogP contribution in [0.15, 0.2) is 18.2 Å². The van der Waals surface area contributed by atoms with Crippen molar-refractivity contribution in [1.29, 1.82) is 0 Å². The van der Waals surface area contributed by atoms with Gasteiger partial charge >= 0.3 is 15.6 Å². The van der Waals surface area contributed by atoms with Crippen molar-refractivity contribution in [1.82, 2.24) is 0 Å². The van der Waals surface area contributed by atoms with E-state index < -0.39 is 28.5 Å². The zero-order valence-corrected chi connectivity index (χ0v) is 14.3. The van der Waals surface area contributed by atoms with Crippen LogP contribution in [0.5, 0.6) is 11.5 Å². The Bertz CT molecular complexity index is 784. The maximum absolute atomic E-state index is 13.5. The van der Waals surface area contributed by atoms with Gasteiger partial charge in [-0.15, -0.1) is 0 Å². The van der Waals surface area contributed by atoms with Crippen LogP contribution in [0.3, 0.4) is 0 Å². The van der Waals surface area contributed by atoms with Crippen LogP contribution in [-0.4, -0.2) is 25.9 Å². The van der Waals surface area contributed by atoms with Crippen molar-refractivity contribution < 1.29 is 35.1 Å². The highest BCUT2D eigenvalue weighted by molar-refractivity contribution is 7.88. The van der Waals surface area contributed by atoms with E-state index in [2.05, 4.69) is 4.18 Å². The zero-order valence-electron chi connectivity index (χ0n) is 12.6. The van der Waals surface area contributed by atoms with E-state index in [-0.39, 0.29) is 23.1 Å². The molecular weight excluding hydrogens is 368 g/mol. The molecule has 1 fully saturated rings. The van der Waals surface area contributed by atoms with Crippen LogP contribution < -0.4 is 14.2 Å². The molecule has 24 heavy (non-hydrogen) atoms. The summed E-state index contributed by atoms with van der Waals surface area (Å²) < 4.78 is 83.6. The standard InChI is InChI=1S/C14H16F3O5PS/c15-14(16,17)24(19,20)22-12-8-4-7-11-13(12)23(18,9-21-11)10-5-2-1-3-6-10/h4,7-8,10H,1-3,5-6,9H2/t23-/m0/s1. The molecule has 0 amide bonds. The first-order chi connectivity index (χ1) is 11.2. The van der Waals surface area contributed by atoms with Crippen LogP contribution in [0, 0.1) is 0 Å². The maximum atomic E-state index is 13.5. The lowest BCUT2D eigenvalue weighted by Gasteiger charge is -2.27. The third-order valence-electron chi connectivity index (χ3n) is 4.40. The maximum Gasteiger partial charge on any atom is 0.534 e. The molecule has 0 unspecified atom stereocenters. The Kier molecular flexibility index (Phi) is 4.36. The summed E-state index contributed by atoms with van der Waals surface area (Å²) in [6, 6.07) is 3.87. The highest BCUT2D eigenvalue weighted by atomic mass is 32.2. The van der Waals surface area contributed by atoms with Gasteiger partial charge in [0, 0.05) is 5.66 Å². The molecule has 10 heteroatoms. The molecule has 1 heterocycles. The molecule has 1 saturated carbocycles. The SMILES string of the molecule is O=[P@]1(C2CCCCC2)COc2cccc(OS(=O)(=O)C(F)(F)F)c21. The molecule has 134 valence electrons. The van der Waals surface area contributed by atoms with E-state index >= 15 is 0 Å². The summed E-state index contributed by atoms with van der Waals surface area (Å²) in [5.41, 5.74) is -5.77. The van der Waals surface area contributed by atoms with Crippen molar-refractivity contribution in [3.63, 3.8) is 0 Å². The van der Waals surface area contributed by atoms with Crippen LogP contribution in [0.2, 0.25) is 0 Å². The average molecular weight is 384 g/mol. The zero-order chi connectivity index (χ0) is 17.6. The summed E-state index contributed by atoms with van der Waals surface area (Å²) in [7, 11) is -9.02. The topological polar surface area (TPSA) is 69.7 Å². The van der Waals surface area contributed by atoms with E-state index in [1.165, 1.54) is 12.1 Å². The van der Waals surface area contributed by atoms with Crippen LogP contribution in [-0.2, 0) is 14.7 Å². The number of fused-ring (bicyclic) bond motifs is 1. The highest BCUT2D eigenvalue weighted by Gasteiger charge is 2.51. The summed E-state index contributed by atoms with van der Waals surface area (Å²) in [5, 5.41) is -0.00951. The quantitative estimate of drug-likeness (QED) is 0.453. The molecule has 1 atom stereocenters. The third kappa shape index (κ3) is 2.92. The lowest BCUT2D eigenvalue weighted by atomic mass is 10.0. The van der Waals surface area contributed by atoms with Gasteiger partial charge in [-0.05, 0) is 25.0 Å². The monoisotopic (exact) mass is 384 g/mol. The highest BCUT2D eigenvalue weighted by Crippen LogP contribution is 2.61.